The Balaban J connectivity index is 1.87. The predicted molar refractivity (Wildman–Crippen MR) is 86.8 cm³/mol. The van der Waals surface area contributed by atoms with Crippen molar-refractivity contribution in [1.29, 1.82) is 0 Å². The van der Waals surface area contributed by atoms with Crippen molar-refractivity contribution in [3.63, 3.8) is 0 Å². The van der Waals surface area contributed by atoms with E-state index in [1.807, 2.05) is 18.2 Å². The van der Waals surface area contributed by atoms with E-state index < -0.39 is 0 Å². The maximum atomic E-state index is 12.5. The maximum absolute atomic E-state index is 12.5. The molecule has 2 aromatic rings. The Hall–Kier alpha value is -3.27. The topological polar surface area (TPSA) is 60.2 Å². The fourth-order valence-electron chi connectivity index (χ4n) is 2.50. The van der Waals surface area contributed by atoms with Gasteiger partial charge in [-0.2, -0.15) is 0 Å². The fraction of sp³-hybridized carbons (Fsp3) is 0. The van der Waals surface area contributed by atoms with E-state index in [1.165, 1.54) is 12.1 Å². The zero-order valence-electron chi connectivity index (χ0n) is 12.0. The number of benzene rings is 3. The summed E-state index contributed by atoms with van der Waals surface area (Å²) in [6.45, 7) is 0. The second-order valence-corrected chi connectivity index (χ2v) is 5.22. The lowest BCUT2D eigenvalue weighted by Gasteiger charge is -2.07. The molecule has 0 N–H and O–H groups in total. The lowest BCUT2D eigenvalue weighted by Crippen LogP contribution is -2.02. The monoisotopic (exact) mass is 301 g/mol. The molecule has 0 unspecified atom stereocenters. The van der Waals surface area contributed by atoms with Gasteiger partial charge in [0.15, 0.2) is 22.6 Å². The van der Waals surface area contributed by atoms with E-state index >= 15 is 0 Å². The molecule has 0 aromatic heterocycles. The Kier molecular flexibility index (Phi) is 3.01. The molecule has 4 heteroatoms. The highest BCUT2D eigenvalue weighted by Gasteiger charge is 2.13. The largest absolute Gasteiger partial charge is 0.453 e. The zero-order valence-corrected chi connectivity index (χ0v) is 12.0. The van der Waals surface area contributed by atoms with Gasteiger partial charge in [-0.1, -0.05) is 30.3 Å². The van der Waals surface area contributed by atoms with Crippen molar-refractivity contribution in [2.24, 2.45) is 0 Å². The third kappa shape index (κ3) is 2.40. The smallest absolute Gasteiger partial charge is 0.193 e. The van der Waals surface area contributed by atoms with Crippen LogP contribution in [-0.4, -0.2) is 10.8 Å². The highest BCUT2D eigenvalue weighted by atomic mass is 16.3. The quantitative estimate of drug-likeness (QED) is 0.420. The third-order valence-electron chi connectivity index (χ3n) is 3.65. The van der Waals surface area contributed by atoms with Gasteiger partial charge in [0.05, 0.1) is 0 Å². The Morgan fingerprint density at radius 1 is 0.870 bits per heavy atom. The Labute approximate surface area is 131 Å². The normalized spacial score (nSPS) is 11.0. The molecule has 0 atom stereocenters. The van der Waals surface area contributed by atoms with Gasteiger partial charge in [0.2, 0.25) is 0 Å². The first-order valence-electron chi connectivity index (χ1n) is 7.15. The van der Waals surface area contributed by atoms with Gasteiger partial charge in [-0.3, -0.25) is 9.59 Å². The summed E-state index contributed by atoms with van der Waals surface area (Å²) in [7, 11) is 0. The van der Waals surface area contributed by atoms with Crippen LogP contribution in [0.15, 0.2) is 75.9 Å². The molecule has 1 aliphatic heterocycles. The maximum Gasteiger partial charge on any atom is 0.193 e. The van der Waals surface area contributed by atoms with Crippen molar-refractivity contribution in [2.75, 3.05) is 0 Å². The Morgan fingerprint density at radius 3 is 2.52 bits per heavy atom. The van der Waals surface area contributed by atoms with E-state index in [4.69, 9.17) is 4.42 Å². The molecule has 110 valence electrons. The summed E-state index contributed by atoms with van der Waals surface area (Å²) >= 11 is 0. The van der Waals surface area contributed by atoms with Crippen LogP contribution in [-0.2, 0) is 0 Å². The lowest BCUT2D eigenvalue weighted by molar-refractivity contribution is 0.103. The van der Waals surface area contributed by atoms with E-state index in [-0.39, 0.29) is 11.2 Å². The van der Waals surface area contributed by atoms with Crippen molar-refractivity contribution in [3.05, 3.63) is 88.1 Å². The van der Waals surface area contributed by atoms with Crippen LogP contribution in [0, 0.1) is 0 Å². The van der Waals surface area contributed by atoms with Crippen LogP contribution in [0.3, 0.4) is 0 Å². The van der Waals surface area contributed by atoms with Gasteiger partial charge in [0.25, 0.3) is 0 Å². The molecule has 0 saturated carbocycles. The zero-order chi connectivity index (χ0) is 15.8. The summed E-state index contributed by atoms with van der Waals surface area (Å²) in [4.78, 5) is 28.4. The first-order valence-corrected chi connectivity index (χ1v) is 7.15. The van der Waals surface area contributed by atoms with Crippen molar-refractivity contribution < 1.29 is 9.21 Å². The molecule has 0 bridgehead atoms. The van der Waals surface area contributed by atoms with Gasteiger partial charge in [-0.05, 0) is 30.3 Å². The van der Waals surface area contributed by atoms with E-state index in [0.717, 1.165) is 0 Å². The molecule has 4 nitrogen and oxygen atoms in total. The first kappa shape index (κ1) is 13.4. The van der Waals surface area contributed by atoms with Crippen LogP contribution in [0.4, 0.5) is 0 Å². The number of hydrogen-bond donors (Lipinski definition) is 0. The van der Waals surface area contributed by atoms with Gasteiger partial charge in [0, 0.05) is 17.2 Å². The fourth-order valence-corrected chi connectivity index (χ4v) is 2.50. The molecule has 0 fully saturated rings. The molecule has 0 amide bonds. The van der Waals surface area contributed by atoms with E-state index in [9.17, 15) is 9.59 Å². The van der Waals surface area contributed by atoms with Crippen LogP contribution in [0.1, 0.15) is 15.9 Å². The summed E-state index contributed by atoms with van der Waals surface area (Å²) in [6, 6.07) is 18.7. The number of hydrogen-bond acceptors (Lipinski definition) is 4. The number of rotatable bonds is 2. The average molecular weight is 301 g/mol. The molecular weight excluding hydrogens is 290 g/mol. The second kappa shape index (κ2) is 5.18. The van der Waals surface area contributed by atoms with Gasteiger partial charge >= 0.3 is 0 Å². The first-order chi connectivity index (χ1) is 11.2. The molecule has 2 aromatic carbocycles. The molecule has 0 spiro atoms. The lowest BCUT2D eigenvalue weighted by atomic mass is 10.0. The molecule has 0 radical (unpaired) electrons. The Morgan fingerprint density at radius 2 is 1.70 bits per heavy atom. The van der Waals surface area contributed by atoms with Gasteiger partial charge in [-0.25, -0.2) is 4.98 Å². The minimum absolute atomic E-state index is 0.0830. The van der Waals surface area contributed by atoms with E-state index in [1.54, 1.807) is 36.4 Å². The van der Waals surface area contributed by atoms with E-state index in [2.05, 4.69) is 4.98 Å². The van der Waals surface area contributed by atoms with Gasteiger partial charge in [0.1, 0.15) is 11.2 Å². The minimum Gasteiger partial charge on any atom is -0.453 e. The minimum atomic E-state index is -0.140. The number of nitrogens with zero attached hydrogens (tertiary/aromatic N) is 1. The van der Waals surface area contributed by atoms with Crippen molar-refractivity contribution >= 4 is 16.9 Å². The van der Waals surface area contributed by atoms with Crippen molar-refractivity contribution in [2.45, 2.75) is 0 Å². The molecule has 4 rings (SSSR count). The number of carbonyl (C=O) groups is 1. The predicted octanol–water partition coefficient (Wildman–Crippen LogP) is 3.52. The number of fused-ring (bicyclic) bond motifs is 2. The highest BCUT2D eigenvalue weighted by molar-refractivity contribution is 6.10. The van der Waals surface area contributed by atoms with Gasteiger partial charge in [-0.15, -0.1) is 0 Å². The summed E-state index contributed by atoms with van der Waals surface area (Å²) < 4.78 is 5.74. The molecule has 2 aliphatic rings. The summed E-state index contributed by atoms with van der Waals surface area (Å²) in [5.74, 6) is 0.328. The summed E-state index contributed by atoms with van der Waals surface area (Å²) in [5.41, 5.74) is 2.72. The van der Waals surface area contributed by atoms with Crippen LogP contribution in [0.2, 0.25) is 0 Å². The second-order valence-electron chi connectivity index (χ2n) is 5.22. The van der Waals surface area contributed by atoms with Crippen LogP contribution in [0.5, 0.6) is 0 Å². The molecule has 1 heterocycles. The SMILES string of the molecule is O=C(c1ccccc1)c1ccc2nc3ccc(=O)cc-3oc2c1. The van der Waals surface area contributed by atoms with Crippen molar-refractivity contribution in [3.8, 4) is 11.5 Å². The number of aromatic nitrogens is 1. The van der Waals surface area contributed by atoms with Crippen LogP contribution < -0.4 is 5.43 Å². The van der Waals surface area contributed by atoms with Gasteiger partial charge < -0.3 is 4.42 Å². The molecule has 0 saturated heterocycles. The molecular formula is C19H11NO3. The van der Waals surface area contributed by atoms with Crippen LogP contribution >= 0.6 is 0 Å². The van der Waals surface area contributed by atoms with Crippen molar-refractivity contribution in [1.82, 2.24) is 4.98 Å². The standard InChI is InChI=1S/C19H11NO3/c21-14-7-9-16-18(11-14)23-17-10-13(6-8-15(17)20-16)19(22)12-4-2-1-3-5-12/h1-11H. The van der Waals surface area contributed by atoms with Crippen LogP contribution in [0.25, 0.3) is 22.6 Å². The third-order valence-corrected chi connectivity index (χ3v) is 3.65. The number of ketones is 1. The van der Waals surface area contributed by atoms with E-state index in [0.29, 0.717) is 33.7 Å². The molecule has 1 aliphatic carbocycles. The average Bonchev–Trinajstić information content (AvgIpc) is 2.59. The Bertz CT molecular complexity index is 1050. The summed E-state index contributed by atoms with van der Waals surface area (Å²) in [6.07, 6.45) is 0. The molecule has 23 heavy (non-hydrogen) atoms. The highest BCUT2D eigenvalue weighted by Crippen LogP contribution is 2.24. The number of carbonyl (C=O) groups excluding carboxylic acids is 1. The summed E-state index contributed by atoms with van der Waals surface area (Å²) in [5, 5.41) is 0.